The molecular weight excluding hydrogens is 357 g/mol. The van der Waals surface area contributed by atoms with Crippen molar-refractivity contribution in [3.8, 4) is 0 Å². The first-order chi connectivity index (χ1) is 11.6. The van der Waals surface area contributed by atoms with Gasteiger partial charge in [-0.25, -0.2) is 0 Å². The molecule has 1 fully saturated rings. The molecule has 1 aliphatic carbocycles. The van der Waals surface area contributed by atoms with Crippen LogP contribution in [-0.2, 0) is 0 Å². The van der Waals surface area contributed by atoms with Crippen molar-refractivity contribution in [2.45, 2.75) is 57.6 Å². The molecule has 1 aromatic heterocycles. The molecule has 1 amide bonds. The SMILES string of the molecule is CCC1(N2C(=O)c3c(sc(C=O)c3C)N(CCC(F)(F)F)C2O)CC1. The number of fused-ring (bicyclic) bond motifs is 1. The normalized spacial score (nSPS) is 22.2. The Morgan fingerprint density at radius 2 is 2.04 bits per heavy atom. The quantitative estimate of drug-likeness (QED) is 0.801. The van der Waals surface area contributed by atoms with E-state index in [0.717, 1.165) is 11.3 Å². The van der Waals surface area contributed by atoms with Gasteiger partial charge in [0, 0.05) is 12.1 Å². The molecule has 1 unspecified atom stereocenters. The highest BCUT2D eigenvalue weighted by Gasteiger charge is 2.55. The third-order valence-electron chi connectivity index (χ3n) is 5.11. The van der Waals surface area contributed by atoms with Crippen LogP contribution >= 0.6 is 11.3 Å². The number of hydrogen-bond acceptors (Lipinski definition) is 5. The van der Waals surface area contributed by atoms with E-state index in [1.807, 2.05) is 6.92 Å². The molecule has 0 aromatic carbocycles. The predicted molar refractivity (Wildman–Crippen MR) is 86.9 cm³/mol. The van der Waals surface area contributed by atoms with Crippen molar-refractivity contribution in [1.29, 1.82) is 0 Å². The fourth-order valence-electron chi connectivity index (χ4n) is 3.39. The van der Waals surface area contributed by atoms with Gasteiger partial charge in [0.15, 0.2) is 6.29 Å². The van der Waals surface area contributed by atoms with Gasteiger partial charge in [0.25, 0.3) is 5.91 Å². The number of aldehydes is 1. The summed E-state index contributed by atoms with van der Waals surface area (Å²) in [6, 6.07) is 0. The van der Waals surface area contributed by atoms with Gasteiger partial charge in [-0.1, -0.05) is 6.92 Å². The van der Waals surface area contributed by atoms with E-state index in [-0.39, 0.29) is 10.6 Å². The van der Waals surface area contributed by atoms with E-state index in [0.29, 0.717) is 36.0 Å². The Labute approximate surface area is 147 Å². The average Bonchev–Trinajstić information content (AvgIpc) is 3.24. The molecule has 5 nitrogen and oxygen atoms in total. The minimum absolute atomic E-state index is 0.235. The zero-order valence-electron chi connectivity index (χ0n) is 13.9. The van der Waals surface area contributed by atoms with Gasteiger partial charge in [0.1, 0.15) is 5.00 Å². The molecule has 3 rings (SSSR count). The molecule has 0 saturated heterocycles. The number of halogens is 3. The second-order valence-electron chi connectivity index (χ2n) is 6.55. The van der Waals surface area contributed by atoms with Crippen LogP contribution in [0, 0.1) is 6.92 Å². The Morgan fingerprint density at radius 3 is 2.52 bits per heavy atom. The number of anilines is 1. The highest BCUT2D eigenvalue weighted by atomic mass is 32.1. The largest absolute Gasteiger partial charge is 0.390 e. The fourth-order valence-corrected chi connectivity index (χ4v) is 4.54. The van der Waals surface area contributed by atoms with Crippen LogP contribution in [0.3, 0.4) is 0 Å². The van der Waals surface area contributed by atoms with Crippen LogP contribution in [0.4, 0.5) is 18.2 Å². The van der Waals surface area contributed by atoms with Crippen molar-refractivity contribution in [3.05, 3.63) is 16.0 Å². The number of aliphatic hydroxyl groups is 1. The molecule has 2 aliphatic rings. The Hall–Kier alpha value is -1.61. The van der Waals surface area contributed by atoms with Crippen LogP contribution in [0.1, 0.15) is 58.2 Å². The van der Waals surface area contributed by atoms with Gasteiger partial charge in [-0.2, -0.15) is 13.2 Å². The molecular formula is C16H19F3N2O3S. The van der Waals surface area contributed by atoms with Crippen LogP contribution in [0.15, 0.2) is 0 Å². The first-order valence-electron chi connectivity index (χ1n) is 8.09. The van der Waals surface area contributed by atoms with Crippen LogP contribution in [0.2, 0.25) is 0 Å². The van der Waals surface area contributed by atoms with E-state index in [1.54, 1.807) is 6.92 Å². The average molecular weight is 376 g/mol. The summed E-state index contributed by atoms with van der Waals surface area (Å²) >= 11 is 0.952. The highest BCUT2D eigenvalue weighted by Crippen LogP contribution is 2.51. The lowest BCUT2D eigenvalue weighted by molar-refractivity contribution is -0.134. The van der Waals surface area contributed by atoms with Gasteiger partial charge in [0.05, 0.1) is 16.9 Å². The fraction of sp³-hybridized carbons (Fsp3) is 0.625. The van der Waals surface area contributed by atoms with E-state index in [4.69, 9.17) is 0 Å². The molecule has 25 heavy (non-hydrogen) atoms. The lowest BCUT2D eigenvalue weighted by Gasteiger charge is -2.45. The second-order valence-corrected chi connectivity index (χ2v) is 7.58. The van der Waals surface area contributed by atoms with Crippen LogP contribution in [-0.4, -0.2) is 46.8 Å². The molecule has 0 bridgehead atoms. The number of amides is 1. The number of rotatable bonds is 5. The van der Waals surface area contributed by atoms with E-state index in [9.17, 15) is 27.9 Å². The summed E-state index contributed by atoms with van der Waals surface area (Å²) in [6.45, 7) is 3.03. The van der Waals surface area contributed by atoms with Crippen molar-refractivity contribution in [2.24, 2.45) is 0 Å². The van der Waals surface area contributed by atoms with Gasteiger partial charge in [0.2, 0.25) is 6.35 Å². The highest BCUT2D eigenvalue weighted by molar-refractivity contribution is 7.18. The van der Waals surface area contributed by atoms with Crippen molar-refractivity contribution in [1.82, 2.24) is 4.90 Å². The number of carbonyl (C=O) groups excluding carboxylic acids is 2. The van der Waals surface area contributed by atoms with E-state index >= 15 is 0 Å². The van der Waals surface area contributed by atoms with Crippen LogP contribution in [0.5, 0.6) is 0 Å². The molecule has 2 heterocycles. The van der Waals surface area contributed by atoms with Gasteiger partial charge in [-0.15, -0.1) is 11.3 Å². The van der Waals surface area contributed by atoms with Crippen molar-refractivity contribution >= 4 is 28.5 Å². The van der Waals surface area contributed by atoms with Crippen molar-refractivity contribution in [3.63, 3.8) is 0 Å². The molecule has 0 spiro atoms. The summed E-state index contributed by atoms with van der Waals surface area (Å²) in [6.07, 6.45) is -4.33. The topological polar surface area (TPSA) is 60.9 Å². The van der Waals surface area contributed by atoms with Crippen molar-refractivity contribution in [2.75, 3.05) is 11.4 Å². The maximum absolute atomic E-state index is 13.0. The standard InChI is InChI=1S/C16H19F3N2O3S/c1-3-15(4-5-15)21-12(23)11-9(2)10(8-22)25-13(11)20(14(21)24)7-6-16(17,18)19/h8,14,24H,3-7H2,1-2H3. The molecule has 1 aromatic rings. The number of aliphatic hydroxyl groups excluding tert-OH is 1. The van der Waals surface area contributed by atoms with Crippen molar-refractivity contribution < 1.29 is 27.9 Å². The summed E-state index contributed by atoms with van der Waals surface area (Å²) in [7, 11) is 0. The summed E-state index contributed by atoms with van der Waals surface area (Å²) < 4.78 is 38.1. The molecule has 0 radical (unpaired) electrons. The van der Waals surface area contributed by atoms with E-state index < -0.39 is 36.9 Å². The van der Waals surface area contributed by atoms with Gasteiger partial charge in [-0.05, 0) is 31.7 Å². The van der Waals surface area contributed by atoms with Gasteiger partial charge < -0.3 is 10.0 Å². The summed E-state index contributed by atoms with van der Waals surface area (Å²) in [4.78, 5) is 27.0. The third-order valence-corrected chi connectivity index (χ3v) is 6.36. The summed E-state index contributed by atoms with van der Waals surface area (Å²) in [5, 5.41) is 10.9. The number of alkyl halides is 3. The number of nitrogens with zero attached hydrogens (tertiary/aromatic N) is 2. The lowest BCUT2D eigenvalue weighted by atomic mass is 10.0. The van der Waals surface area contributed by atoms with Crippen LogP contribution in [0.25, 0.3) is 0 Å². The predicted octanol–water partition coefficient (Wildman–Crippen LogP) is 3.30. The third kappa shape index (κ3) is 2.93. The minimum Gasteiger partial charge on any atom is -0.356 e. The smallest absolute Gasteiger partial charge is 0.356 e. The maximum atomic E-state index is 13.0. The molecule has 138 valence electrons. The first kappa shape index (κ1) is 18.2. The Morgan fingerprint density at radius 1 is 1.40 bits per heavy atom. The summed E-state index contributed by atoms with van der Waals surface area (Å²) in [5.74, 6) is -0.410. The van der Waals surface area contributed by atoms with Gasteiger partial charge in [-0.3, -0.25) is 14.5 Å². The first-order valence-corrected chi connectivity index (χ1v) is 8.90. The van der Waals surface area contributed by atoms with Gasteiger partial charge >= 0.3 is 6.18 Å². The Kier molecular flexibility index (Phi) is 4.35. The molecule has 9 heteroatoms. The number of thiophene rings is 1. The molecule has 1 saturated carbocycles. The maximum Gasteiger partial charge on any atom is 0.390 e. The molecule has 1 atom stereocenters. The van der Waals surface area contributed by atoms with Crippen LogP contribution < -0.4 is 4.90 Å². The second kappa shape index (κ2) is 5.98. The Balaban J connectivity index is 2.06. The lowest BCUT2D eigenvalue weighted by Crippen LogP contribution is -2.60. The van der Waals surface area contributed by atoms with E-state index in [1.165, 1.54) is 9.80 Å². The number of hydrogen-bond donors (Lipinski definition) is 1. The van der Waals surface area contributed by atoms with E-state index in [2.05, 4.69) is 0 Å². The molecule has 1 aliphatic heterocycles. The summed E-state index contributed by atoms with van der Waals surface area (Å²) in [5.41, 5.74) is 0.181. The zero-order chi connectivity index (χ0) is 18.6. The monoisotopic (exact) mass is 376 g/mol. The molecule has 1 N–H and O–H groups in total. The Bertz CT molecular complexity index is 712. The zero-order valence-corrected chi connectivity index (χ0v) is 14.7. The number of carbonyl (C=O) groups is 2. The minimum atomic E-state index is -4.38.